The van der Waals surface area contributed by atoms with Crippen LogP contribution in [0.5, 0.6) is 0 Å². The summed E-state index contributed by atoms with van der Waals surface area (Å²) >= 11 is 0. The van der Waals surface area contributed by atoms with Crippen LogP contribution in [0.1, 0.15) is 16.7 Å². The number of amides is 1. The number of nitrogens with zero attached hydrogens (tertiary/aromatic N) is 3. The van der Waals surface area contributed by atoms with E-state index >= 15 is 0 Å². The number of H-pyrrole nitrogens is 1. The van der Waals surface area contributed by atoms with E-state index < -0.39 is 0 Å². The third-order valence-corrected chi connectivity index (χ3v) is 5.94. The molecule has 5 heteroatoms. The summed E-state index contributed by atoms with van der Waals surface area (Å²) in [6.07, 6.45) is 3.32. The predicted molar refractivity (Wildman–Crippen MR) is 106 cm³/mol. The molecule has 0 unspecified atom stereocenters. The second-order valence-electron chi connectivity index (χ2n) is 7.58. The first-order valence-electron chi connectivity index (χ1n) is 9.34. The second kappa shape index (κ2) is 6.06. The summed E-state index contributed by atoms with van der Waals surface area (Å²) in [6.45, 7) is 9.25. The second-order valence-corrected chi connectivity index (χ2v) is 7.58. The molecule has 2 aliphatic rings. The van der Waals surface area contributed by atoms with E-state index in [2.05, 4.69) is 58.9 Å². The Morgan fingerprint density at radius 1 is 1.22 bits per heavy atom. The fourth-order valence-corrected chi connectivity index (χ4v) is 4.34. The maximum atomic E-state index is 11.7. The van der Waals surface area contributed by atoms with Crippen LogP contribution >= 0.6 is 0 Å². The van der Waals surface area contributed by atoms with E-state index in [-0.39, 0.29) is 5.91 Å². The zero-order valence-electron chi connectivity index (χ0n) is 15.4. The molecule has 1 aromatic heterocycles. The summed E-state index contributed by atoms with van der Waals surface area (Å²) in [6, 6.07) is 11.5. The van der Waals surface area contributed by atoms with Crippen molar-refractivity contribution in [3.8, 4) is 11.1 Å². The molecule has 1 N–H and O–H groups in total. The van der Waals surface area contributed by atoms with E-state index in [1.165, 1.54) is 39.3 Å². The molecule has 2 aromatic carbocycles. The molecule has 0 aliphatic carbocycles. The Kier molecular flexibility index (Phi) is 3.65. The van der Waals surface area contributed by atoms with Crippen LogP contribution in [-0.4, -0.2) is 45.0 Å². The molecule has 5 rings (SSSR count). The molecular formula is C22H22N4O. The number of carbonyl (C=O) groups is 1. The standard InChI is InChI=1S/C22H22N4O/c1-3-21(27)26-12-18(13-26)25-10-16-6-5-15(8-17(16)11-25)22-14(2)4-7-20-19(22)9-23-24-20/h3-9,18H,1,10-13H2,2H3,(H,23,24). The van der Waals surface area contributed by atoms with Crippen molar-refractivity contribution < 1.29 is 4.79 Å². The highest BCUT2D eigenvalue weighted by atomic mass is 16.2. The average Bonchev–Trinajstić information content (AvgIpc) is 3.25. The lowest BCUT2D eigenvalue weighted by atomic mass is 9.94. The minimum atomic E-state index is 0.0360. The van der Waals surface area contributed by atoms with Gasteiger partial charge in [0.25, 0.3) is 0 Å². The van der Waals surface area contributed by atoms with Crippen LogP contribution in [0.4, 0.5) is 0 Å². The van der Waals surface area contributed by atoms with Crippen LogP contribution < -0.4 is 0 Å². The molecule has 0 atom stereocenters. The van der Waals surface area contributed by atoms with Gasteiger partial charge in [0.05, 0.1) is 11.7 Å². The van der Waals surface area contributed by atoms with Crippen LogP contribution in [0.3, 0.4) is 0 Å². The van der Waals surface area contributed by atoms with Gasteiger partial charge in [0.2, 0.25) is 5.91 Å². The van der Waals surface area contributed by atoms with Crippen LogP contribution in [0.15, 0.2) is 49.2 Å². The summed E-state index contributed by atoms with van der Waals surface area (Å²) in [5, 5.41) is 8.45. The quantitative estimate of drug-likeness (QED) is 0.731. The minimum Gasteiger partial charge on any atom is -0.336 e. The number of rotatable bonds is 3. The largest absolute Gasteiger partial charge is 0.336 e. The van der Waals surface area contributed by atoms with Crippen molar-refractivity contribution in [3.63, 3.8) is 0 Å². The number of carbonyl (C=O) groups excluding carboxylic acids is 1. The fourth-order valence-electron chi connectivity index (χ4n) is 4.34. The van der Waals surface area contributed by atoms with E-state index in [1.807, 2.05) is 11.1 Å². The molecule has 1 fully saturated rings. The van der Waals surface area contributed by atoms with Gasteiger partial charge >= 0.3 is 0 Å². The van der Waals surface area contributed by atoms with Crippen LogP contribution in [0.2, 0.25) is 0 Å². The van der Waals surface area contributed by atoms with Gasteiger partial charge in [-0.3, -0.25) is 14.8 Å². The number of aromatic nitrogens is 2. The first kappa shape index (κ1) is 16.3. The number of aryl methyl sites for hydroxylation is 1. The molecule has 1 saturated heterocycles. The molecule has 0 bridgehead atoms. The van der Waals surface area contributed by atoms with Crippen LogP contribution in [0.25, 0.3) is 22.0 Å². The number of nitrogens with one attached hydrogen (secondary N) is 1. The lowest BCUT2D eigenvalue weighted by Gasteiger charge is -2.43. The van der Waals surface area contributed by atoms with Crippen LogP contribution in [0, 0.1) is 6.92 Å². The van der Waals surface area contributed by atoms with Gasteiger partial charge in [-0.15, -0.1) is 0 Å². The van der Waals surface area contributed by atoms with Gasteiger partial charge in [-0.05, 0) is 52.9 Å². The highest BCUT2D eigenvalue weighted by Gasteiger charge is 2.36. The van der Waals surface area contributed by atoms with Crippen molar-refractivity contribution >= 4 is 16.8 Å². The number of fused-ring (bicyclic) bond motifs is 2. The third kappa shape index (κ3) is 2.58. The highest BCUT2D eigenvalue weighted by molar-refractivity contribution is 5.96. The Bertz CT molecular complexity index is 1060. The molecule has 0 spiro atoms. The van der Waals surface area contributed by atoms with Crippen LogP contribution in [-0.2, 0) is 17.9 Å². The molecule has 2 aliphatic heterocycles. The molecule has 27 heavy (non-hydrogen) atoms. The van der Waals surface area contributed by atoms with Gasteiger partial charge in [-0.25, -0.2) is 0 Å². The SMILES string of the molecule is C=CC(=O)N1CC(N2Cc3ccc(-c4c(C)ccc5[nH]ncc45)cc3C2)C1. The van der Waals surface area contributed by atoms with Gasteiger partial charge in [0, 0.05) is 37.6 Å². The van der Waals surface area contributed by atoms with Crippen molar-refractivity contribution in [1.29, 1.82) is 0 Å². The van der Waals surface area contributed by atoms with Crippen molar-refractivity contribution in [1.82, 2.24) is 20.0 Å². The van der Waals surface area contributed by atoms with E-state index in [0.717, 1.165) is 31.7 Å². The van der Waals surface area contributed by atoms with Gasteiger partial charge in [-0.2, -0.15) is 5.10 Å². The Balaban J connectivity index is 1.40. The summed E-state index contributed by atoms with van der Waals surface area (Å²) in [5.41, 5.74) is 7.62. The summed E-state index contributed by atoms with van der Waals surface area (Å²) < 4.78 is 0. The molecule has 3 aromatic rings. The molecule has 5 nitrogen and oxygen atoms in total. The number of benzene rings is 2. The van der Waals surface area contributed by atoms with Gasteiger partial charge < -0.3 is 4.90 Å². The Morgan fingerprint density at radius 3 is 2.85 bits per heavy atom. The van der Waals surface area contributed by atoms with Crippen molar-refractivity contribution in [3.05, 3.63) is 65.9 Å². The number of aromatic amines is 1. The Morgan fingerprint density at radius 2 is 2.04 bits per heavy atom. The third-order valence-electron chi connectivity index (χ3n) is 5.94. The summed E-state index contributed by atoms with van der Waals surface area (Å²) in [5.74, 6) is 0.0360. The number of hydrogen-bond donors (Lipinski definition) is 1. The Labute approximate surface area is 158 Å². The predicted octanol–water partition coefficient (Wildman–Crippen LogP) is 3.25. The van der Waals surface area contributed by atoms with E-state index in [1.54, 1.807) is 0 Å². The van der Waals surface area contributed by atoms with E-state index in [9.17, 15) is 4.79 Å². The summed E-state index contributed by atoms with van der Waals surface area (Å²) in [7, 11) is 0. The fraction of sp³-hybridized carbons (Fsp3) is 0.273. The van der Waals surface area contributed by atoms with Gasteiger partial charge in [-0.1, -0.05) is 24.8 Å². The summed E-state index contributed by atoms with van der Waals surface area (Å²) in [4.78, 5) is 16.0. The first-order valence-corrected chi connectivity index (χ1v) is 9.34. The highest BCUT2D eigenvalue weighted by Crippen LogP contribution is 2.35. The Hall–Kier alpha value is -2.92. The van der Waals surface area contributed by atoms with Crippen molar-refractivity contribution in [2.45, 2.75) is 26.1 Å². The number of hydrogen-bond acceptors (Lipinski definition) is 3. The molecular weight excluding hydrogens is 336 g/mol. The number of likely N-dealkylation sites (tertiary alicyclic amines) is 1. The lowest BCUT2D eigenvalue weighted by Crippen LogP contribution is -2.59. The van der Waals surface area contributed by atoms with Gasteiger partial charge in [0.15, 0.2) is 0 Å². The smallest absolute Gasteiger partial charge is 0.246 e. The zero-order valence-corrected chi connectivity index (χ0v) is 15.4. The molecule has 0 radical (unpaired) electrons. The van der Waals surface area contributed by atoms with E-state index in [0.29, 0.717) is 6.04 Å². The lowest BCUT2D eigenvalue weighted by molar-refractivity contribution is -0.133. The maximum Gasteiger partial charge on any atom is 0.246 e. The molecule has 3 heterocycles. The maximum absolute atomic E-state index is 11.7. The minimum absolute atomic E-state index is 0.0360. The van der Waals surface area contributed by atoms with Crippen molar-refractivity contribution in [2.75, 3.05) is 13.1 Å². The molecule has 136 valence electrons. The van der Waals surface area contributed by atoms with Gasteiger partial charge in [0.1, 0.15) is 0 Å². The topological polar surface area (TPSA) is 52.2 Å². The molecule has 0 saturated carbocycles. The average molecular weight is 358 g/mol. The van der Waals surface area contributed by atoms with Crippen molar-refractivity contribution in [2.24, 2.45) is 0 Å². The molecule has 1 amide bonds. The monoisotopic (exact) mass is 358 g/mol. The van der Waals surface area contributed by atoms with E-state index in [4.69, 9.17) is 0 Å². The first-order chi connectivity index (χ1) is 13.1. The zero-order chi connectivity index (χ0) is 18.5. The normalized spacial score (nSPS) is 17.1.